The van der Waals surface area contributed by atoms with Crippen molar-refractivity contribution in [1.29, 1.82) is 0 Å². The van der Waals surface area contributed by atoms with E-state index in [2.05, 4.69) is 37.2 Å². The van der Waals surface area contributed by atoms with Gasteiger partial charge in [-0.15, -0.1) is 0 Å². The van der Waals surface area contributed by atoms with Crippen molar-refractivity contribution in [3.63, 3.8) is 0 Å². The van der Waals surface area contributed by atoms with Crippen LogP contribution in [0.3, 0.4) is 0 Å². The molecule has 2 aromatic carbocycles. The Labute approximate surface area is 198 Å². The van der Waals surface area contributed by atoms with E-state index >= 15 is 0 Å². The first-order chi connectivity index (χ1) is 14.8. The van der Waals surface area contributed by atoms with Gasteiger partial charge in [-0.3, -0.25) is 4.79 Å². The summed E-state index contributed by atoms with van der Waals surface area (Å²) in [6.07, 6.45) is 1.54. The van der Waals surface area contributed by atoms with Crippen LogP contribution >= 0.6 is 31.9 Å². The minimum atomic E-state index is -0.729. The van der Waals surface area contributed by atoms with Gasteiger partial charge >= 0.3 is 5.97 Å². The number of hydrogen-bond acceptors (Lipinski definition) is 6. The maximum Gasteiger partial charge on any atom is 0.341 e. The zero-order valence-electron chi connectivity index (χ0n) is 18.1. The number of hydrogen-bond donors (Lipinski definition) is 1. The highest BCUT2D eigenvalue weighted by Gasteiger charge is 2.29. The molecule has 0 saturated carbocycles. The number of para-hydroxylation sites is 1. The maximum absolute atomic E-state index is 12.8. The Morgan fingerprint density at radius 2 is 1.35 bits per heavy atom. The molecule has 9 heteroatoms. The molecule has 0 heterocycles. The van der Waals surface area contributed by atoms with Gasteiger partial charge in [0.1, 0.15) is 0 Å². The summed E-state index contributed by atoms with van der Waals surface area (Å²) in [5, 5.41) is 2.87. The predicted octanol–water partition coefficient (Wildman–Crippen LogP) is 5.16. The normalized spacial score (nSPS) is 10.4. The second kappa shape index (κ2) is 11.4. The molecule has 0 saturated heterocycles. The van der Waals surface area contributed by atoms with E-state index in [9.17, 15) is 9.59 Å². The number of carbonyl (C=O) groups is 2. The molecule has 7 nitrogen and oxygen atoms in total. The van der Waals surface area contributed by atoms with E-state index in [1.165, 1.54) is 21.3 Å². The summed E-state index contributed by atoms with van der Waals surface area (Å²) in [7, 11) is 4.34. The third-order valence-corrected chi connectivity index (χ3v) is 6.18. The molecule has 2 rings (SSSR count). The third-order valence-electron chi connectivity index (χ3n) is 4.66. The van der Waals surface area contributed by atoms with Gasteiger partial charge in [0.2, 0.25) is 5.75 Å². The van der Waals surface area contributed by atoms with E-state index in [4.69, 9.17) is 18.9 Å². The molecule has 0 aliphatic rings. The van der Waals surface area contributed by atoms with Crippen LogP contribution in [-0.4, -0.2) is 39.8 Å². The van der Waals surface area contributed by atoms with Gasteiger partial charge in [-0.25, -0.2) is 4.79 Å². The van der Waals surface area contributed by atoms with Crippen molar-refractivity contribution in [2.24, 2.45) is 0 Å². The van der Waals surface area contributed by atoms with Crippen molar-refractivity contribution in [1.82, 2.24) is 0 Å². The molecule has 0 atom stereocenters. The van der Waals surface area contributed by atoms with Crippen LogP contribution in [0.4, 0.5) is 5.69 Å². The second-order valence-corrected chi connectivity index (χ2v) is 7.97. The molecule has 0 bridgehead atoms. The molecular weight excluding hydrogens is 534 g/mol. The number of carbonyl (C=O) groups excluding carboxylic acids is 2. The molecule has 0 aliphatic heterocycles. The van der Waals surface area contributed by atoms with Crippen LogP contribution in [0, 0.1) is 0 Å². The fourth-order valence-corrected chi connectivity index (χ4v) is 4.81. The van der Waals surface area contributed by atoms with Crippen molar-refractivity contribution in [3.05, 3.63) is 43.8 Å². The summed E-state index contributed by atoms with van der Waals surface area (Å²) in [5.74, 6) is -0.315. The van der Waals surface area contributed by atoms with E-state index in [0.29, 0.717) is 14.7 Å². The molecule has 0 fully saturated rings. The van der Waals surface area contributed by atoms with Crippen molar-refractivity contribution >= 4 is 49.4 Å². The molecule has 0 aliphatic carbocycles. The Hall–Kier alpha value is -2.26. The summed E-state index contributed by atoms with van der Waals surface area (Å²) < 4.78 is 21.9. The molecule has 0 spiro atoms. The zero-order chi connectivity index (χ0) is 23.1. The lowest BCUT2D eigenvalue weighted by molar-refractivity contribution is -0.119. The first-order valence-electron chi connectivity index (χ1n) is 9.59. The average Bonchev–Trinajstić information content (AvgIpc) is 2.77. The molecule has 1 amide bonds. The Balaban J connectivity index is 2.25. The zero-order valence-corrected chi connectivity index (χ0v) is 21.2. The number of ether oxygens (including phenoxy) is 4. The highest BCUT2D eigenvalue weighted by molar-refractivity contribution is 9.11. The lowest BCUT2D eigenvalue weighted by atomic mass is 10.0. The first kappa shape index (κ1) is 25.0. The first-order valence-corrected chi connectivity index (χ1v) is 11.2. The minimum absolute atomic E-state index is 0.116. The summed E-state index contributed by atoms with van der Waals surface area (Å²) in [6, 6.07) is 5.89. The van der Waals surface area contributed by atoms with Crippen LogP contribution in [0.5, 0.6) is 17.2 Å². The summed E-state index contributed by atoms with van der Waals surface area (Å²) in [5.41, 5.74) is 2.93. The number of methoxy groups -OCH3 is 3. The maximum atomic E-state index is 12.8. The van der Waals surface area contributed by atoms with Gasteiger partial charge < -0.3 is 24.3 Å². The van der Waals surface area contributed by atoms with Crippen LogP contribution in [0.25, 0.3) is 0 Å². The summed E-state index contributed by atoms with van der Waals surface area (Å²) in [4.78, 5) is 25.3. The lowest BCUT2D eigenvalue weighted by Gasteiger charge is -2.18. The Morgan fingerprint density at radius 1 is 0.871 bits per heavy atom. The smallest absolute Gasteiger partial charge is 0.341 e. The molecule has 1 N–H and O–H groups in total. The van der Waals surface area contributed by atoms with Gasteiger partial charge in [-0.05, 0) is 55.8 Å². The highest BCUT2D eigenvalue weighted by atomic mass is 79.9. The number of benzene rings is 2. The van der Waals surface area contributed by atoms with Crippen molar-refractivity contribution < 1.29 is 28.5 Å². The Kier molecular flexibility index (Phi) is 9.18. The van der Waals surface area contributed by atoms with Crippen LogP contribution in [0.15, 0.2) is 27.1 Å². The number of anilines is 1. The largest absolute Gasteiger partial charge is 0.492 e. The molecule has 2 aromatic rings. The number of amides is 1. The molecule has 0 aromatic heterocycles. The number of nitrogens with one attached hydrogen (secondary N) is 1. The van der Waals surface area contributed by atoms with E-state index in [1.807, 2.05) is 32.0 Å². The minimum Gasteiger partial charge on any atom is -0.492 e. The molecule has 31 heavy (non-hydrogen) atoms. The van der Waals surface area contributed by atoms with E-state index in [0.717, 1.165) is 29.7 Å². The van der Waals surface area contributed by atoms with Crippen LogP contribution in [0.1, 0.15) is 35.3 Å². The van der Waals surface area contributed by atoms with Crippen LogP contribution in [0.2, 0.25) is 0 Å². The predicted molar refractivity (Wildman–Crippen MR) is 126 cm³/mol. The van der Waals surface area contributed by atoms with E-state index in [1.54, 1.807) is 0 Å². The van der Waals surface area contributed by atoms with Crippen molar-refractivity contribution in [3.8, 4) is 17.2 Å². The van der Waals surface area contributed by atoms with Gasteiger partial charge in [0.25, 0.3) is 5.91 Å². The van der Waals surface area contributed by atoms with Crippen molar-refractivity contribution in [2.75, 3.05) is 33.3 Å². The van der Waals surface area contributed by atoms with Gasteiger partial charge in [0.05, 0.1) is 35.8 Å². The molecule has 0 radical (unpaired) electrons. The van der Waals surface area contributed by atoms with E-state index < -0.39 is 18.5 Å². The second-order valence-electron chi connectivity index (χ2n) is 6.39. The van der Waals surface area contributed by atoms with Gasteiger partial charge in [-0.1, -0.05) is 32.0 Å². The standard InChI is InChI=1S/C22H25Br2NO6/c1-6-12-9-8-10-13(7-2)18(12)25-14(26)11-31-22(27)15-16(23)19(28-3)21(30-5)20(29-4)17(15)24/h8-10H,6-7,11H2,1-5H3,(H,25,26). The number of rotatable bonds is 9. The lowest BCUT2D eigenvalue weighted by Crippen LogP contribution is -2.22. The summed E-state index contributed by atoms with van der Waals surface area (Å²) in [6.45, 7) is 3.59. The molecular formula is C22H25Br2NO6. The SMILES string of the molecule is CCc1cccc(CC)c1NC(=O)COC(=O)c1c(Br)c(OC)c(OC)c(OC)c1Br. The number of aryl methyl sites for hydroxylation is 2. The van der Waals surface area contributed by atoms with Gasteiger partial charge in [0, 0.05) is 5.69 Å². The number of esters is 1. The third kappa shape index (κ3) is 5.33. The number of halogens is 2. The molecule has 168 valence electrons. The van der Waals surface area contributed by atoms with Gasteiger partial charge in [0.15, 0.2) is 18.1 Å². The fourth-order valence-electron chi connectivity index (χ4n) is 3.14. The topological polar surface area (TPSA) is 83.1 Å². The highest BCUT2D eigenvalue weighted by Crippen LogP contribution is 2.50. The Morgan fingerprint density at radius 3 is 1.77 bits per heavy atom. The van der Waals surface area contributed by atoms with E-state index in [-0.39, 0.29) is 17.1 Å². The van der Waals surface area contributed by atoms with Crippen LogP contribution in [-0.2, 0) is 22.4 Å². The summed E-state index contributed by atoms with van der Waals surface area (Å²) >= 11 is 6.71. The monoisotopic (exact) mass is 557 g/mol. The van der Waals surface area contributed by atoms with Crippen molar-refractivity contribution in [2.45, 2.75) is 26.7 Å². The average molecular weight is 559 g/mol. The van der Waals surface area contributed by atoms with Crippen LogP contribution < -0.4 is 19.5 Å². The fraction of sp³-hybridized carbons (Fsp3) is 0.364. The molecule has 0 unspecified atom stereocenters. The Bertz CT molecular complexity index is 924. The quantitative estimate of drug-likeness (QED) is 0.428. The van der Waals surface area contributed by atoms with Gasteiger partial charge in [-0.2, -0.15) is 0 Å².